The fourth-order valence-electron chi connectivity index (χ4n) is 2.45. The number of aliphatic hydroxyl groups is 1. The van der Waals surface area contributed by atoms with Crippen LogP contribution in [0.5, 0.6) is 0 Å². The van der Waals surface area contributed by atoms with Gasteiger partial charge in [-0.1, -0.05) is 49.4 Å². The highest BCUT2D eigenvalue weighted by Crippen LogP contribution is 2.28. The highest BCUT2D eigenvalue weighted by atomic mass is 16.3. The molecule has 20 heavy (non-hydrogen) atoms. The van der Waals surface area contributed by atoms with Gasteiger partial charge >= 0.3 is 0 Å². The van der Waals surface area contributed by atoms with Gasteiger partial charge in [-0.05, 0) is 29.7 Å². The van der Waals surface area contributed by atoms with Crippen LogP contribution < -0.4 is 4.90 Å². The Morgan fingerprint density at radius 1 is 0.950 bits per heavy atom. The molecule has 0 aromatic heterocycles. The number of anilines is 1. The Kier molecular flexibility index (Phi) is 4.46. The number of hydrogen-bond acceptors (Lipinski definition) is 2. The average Bonchev–Trinajstić information content (AvgIpc) is 2.48. The third-order valence-electron chi connectivity index (χ3n) is 3.87. The van der Waals surface area contributed by atoms with Gasteiger partial charge in [0.25, 0.3) is 0 Å². The lowest BCUT2D eigenvalue weighted by molar-refractivity contribution is 0.204. The summed E-state index contributed by atoms with van der Waals surface area (Å²) in [6.45, 7) is 2.26. The van der Waals surface area contributed by atoms with Crippen LogP contribution in [-0.4, -0.2) is 25.8 Å². The number of aliphatic hydroxyl groups excluding tert-OH is 1. The molecule has 0 saturated heterocycles. The lowest BCUT2D eigenvalue weighted by atomic mass is 9.78. The quantitative estimate of drug-likeness (QED) is 0.900. The lowest BCUT2D eigenvalue weighted by Crippen LogP contribution is -2.29. The standard InChI is InChI=1S/C18H23NO/c1-18(14-20,16-7-5-4-6-8-16)13-15-9-11-17(12-10-15)19(2)3/h4-12,20H,13-14H2,1-3H3. The number of hydrogen-bond donors (Lipinski definition) is 1. The molecular weight excluding hydrogens is 246 g/mol. The second-order valence-corrected chi connectivity index (χ2v) is 5.82. The van der Waals surface area contributed by atoms with Gasteiger partial charge in [-0.2, -0.15) is 0 Å². The van der Waals surface area contributed by atoms with E-state index in [1.165, 1.54) is 16.8 Å². The lowest BCUT2D eigenvalue weighted by Gasteiger charge is -2.28. The van der Waals surface area contributed by atoms with Crippen molar-refractivity contribution in [2.45, 2.75) is 18.8 Å². The molecule has 2 nitrogen and oxygen atoms in total. The molecule has 0 amide bonds. The van der Waals surface area contributed by atoms with E-state index in [1.807, 2.05) is 32.3 Å². The summed E-state index contributed by atoms with van der Waals surface area (Å²) in [5.74, 6) is 0. The summed E-state index contributed by atoms with van der Waals surface area (Å²) in [5, 5.41) is 9.83. The fourth-order valence-corrected chi connectivity index (χ4v) is 2.45. The van der Waals surface area contributed by atoms with Gasteiger partial charge < -0.3 is 10.0 Å². The van der Waals surface area contributed by atoms with Gasteiger partial charge in [0.2, 0.25) is 0 Å². The number of rotatable bonds is 5. The predicted molar refractivity (Wildman–Crippen MR) is 85.4 cm³/mol. The Morgan fingerprint density at radius 3 is 2.05 bits per heavy atom. The van der Waals surface area contributed by atoms with Crippen LogP contribution in [0.2, 0.25) is 0 Å². The first-order valence-corrected chi connectivity index (χ1v) is 6.98. The molecule has 0 saturated carbocycles. The van der Waals surface area contributed by atoms with Crippen LogP contribution in [0.1, 0.15) is 18.1 Å². The van der Waals surface area contributed by atoms with Gasteiger partial charge in [-0.25, -0.2) is 0 Å². The molecule has 0 radical (unpaired) electrons. The van der Waals surface area contributed by atoms with Crippen molar-refractivity contribution in [2.24, 2.45) is 0 Å². The van der Waals surface area contributed by atoms with E-state index in [2.05, 4.69) is 48.2 Å². The molecule has 1 atom stereocenters. The predicted octanol–water partition coefficient (Wildman–Crippen LogP) is 3.25. The van der Waals surface area contributed by atoms with Crippen LogP contribution in [0.25, 0.3) is 0 Å². The van der Waals surface area contributed by atoms with Crippen molar-refractivity contribution in [3.8, 4) is 0 Å². The molecule has 0 aliphatic carbocycles. The maximum absolute atomic E-state index is 9.83. The van der Waals surface area contributed by atoms with Gasteiger partial charge in [-0.15, -0.1) is 0 Å². The van der Waals surface area contributed by atoms with E-state index in [0.717, 1.165) is 6.42 Å². The van der Waals surface area contributed by atoms with Crippen molar-refractivity contribution < 1.29 is 5.11 Å². The van der Waals surface area contributed by atoms with Gasteiger partial charge in [0.05, 0.1) is 6.61 Å². The van der Waals surface area contributed by atoms with E-state index >= 15 is 0 Å². The molecule has 106 valence electrons. The Hall–Kier alpha value is -1.80. The van der Waals surface area contributed by atoms with E-state index in [0.29, 0.717) is 0 Å². The molecule has 0 spiro atoms. The van der Waals surface area contributed by atoms with E-state index in [1.54, 1.807) is 0 Å². The minimum absolute atomic E-state index is 0.145. The molecular formula is C18H23NO. The van der Waals surface area contributed by atoms with Crippen LogP contribution in [-0.2, 0) is 11.8 Å². The van der Waals surface area contributed by atoms with Gasteiger partial charge in [0.15, 0.2) is 0 Å². The molecule has 0 bridgehead atoms. The fraction of sp³-hybridized carbons (Fsp3) is 0.333. The molecule has 1 unspecified atom stereocenters. The largest absolute Gasteiger partial charge is 0.395 e. The Morgan fingerprint density at radius 2 is 1.55 bits per heavy atom. The Bertz CT molecular complexity index is 533. The summed E-state index contributed by atoms with van der Waals surface area (Å²) in [4.78, 5) is 2.09. The van der Waals surface area contributed by atoms with Crippen molar-refractivity contribution in [1.29, 1.82) is 0 Å². The molecule has 0 aliphatic heterocycles. The summed E-state index contributed by atoms with van der Waals surface area (Å²) in [6.07, 6.45) is 0.835. The summed E-state index contributed by atoms with van der Waals surface area (Å²) in [7, 11) is 4.08. The molecule has 2 rings (SSSR count). The molecule has 1 N–H and O–H groups in total. The minimum atomic E-state index is -0.235. The van der Waals surface area contributed by atoms with Crippen LogP contribution >= 0.6 is 0 Å². The zero-order valence-corrected chi connectivity index (χ0v) is 12.5. The SMILES string of the molecule is CN(C)c1ccc(CC(C)(CO)c2ccccc2)cc1. The van der Waals surface area contributed by atoms with Crippen LogP contribution in [0, 0.1) is 0 Å². The van der Waals surface area contributed by atoms with Gasteiger partial charge in [0.1, 0.15) is 0 Å². The summed E-state index contributed by atoms with van der Waals surface area (Å²) in [6, 6.07) is 18.8. The third-order valence-corrected chi connectivity index (χ3v) is 3.87. The number of benzene rings is 2. The summed E-state index contributed by atoms with van der Waals surface area (Å²) in [5.41, 5.74) is 3.38. The molecule has 0 heterocycles. The second-order valence-electron chi connectivity index (χ2n) is 5.82. The first-order valence-electron chi connectivity index (χ1n) is 6.98. The summed E-state index contributed by atoms with van der Waals surface area (Å²) >= 11 is 0. The normalized spacial score (nSPS) is 13.8. The van der Waals surface area contributed by atoms with Gasteiger partial charge in [0, 0.05) is 25.2 Å². The first kappa shape index (κ1) is 14.6. The second kappa shape index (κ2) is 6.10. The molecule has 0 fully saturated rings. The highest BCUT2D eigenvalue weighted by Gasteiger charge is 2.25. The van der Waals surface area contributed by atoms with Crippen molar-refractivity contribution in [3.63, 3.8) is 0 Å². The monoisotopic (exact) mass is 269 g/mol. The zero-order valence-electron chi connectivity index (χ0n) is 12.5. The van der Waals surface area contributed by atoms with Crippen molar-refractivity contribution in [1.82, 2.24) is 0 Å². The zero-order chi connectivity index (χ0) is 14.6. The van der Waals surface area contributed by atoms with E-state index in [-0.39, 0.29) is 12.0 Å². The Labute approximate surface area is 121 Å². The van der Waals surface area contributed by atoms with E-state index < -0.39 is 0 Å². The topological polar surface area (TPSA) is 23.5 Å². The minimum Gasteiger partial charge on any atom is -0.395 e. The van der Waals surface area contributed by atoms with E-state index in [4.69, 9.17) is 0 Å². The van der Waals surface area contributed by atoms with Crippen LogP contribution in [0.3, 0.4) is 0 Å². The highest BCUT2D eigenvalue weighted by molar-refractivity contribution is 5.46. The molecule has 2 heteroatoms. The van der Waals surface area contributed by atoms with Crippen molar-refractivity contribution in [3.05, 3.63) is 65.7 Å². The maximum Gasteiger partial charge on any atom is 0.0528 e. The Balaban J connectivity index is 2.22. The smallest absolute Gasteiger partial charge is 0.0528 e. The summed E-state index contributed by atoms with van der Waals surface area (Å²) < 4.78 is 0. The third kappa shape index (κ3) is 3.20. The molecule has 0 aliphatic rings. The van der Waals surface area contributed by atoms with Gasteiger partial charge in [-0.3, -0.25) is 0 Å². The van der Waals surface area contributed by atoms with Crippen LogP contribution in [0.15, 0.2) is 54.6 Å². The maximum atomic E-state index is 9.83. The molecule has 2 aromatic carbocycles. The number of nitrogens with zero attached hydrogens (tertiary/aromatic N) is 1. The average molecular weight is 269 g/mol. The molecule has 2 aromatic rings. The van der Waals surface area contributed by atoms with Crippen molar-refractivity contribution >= 4 is 5.69 Å². The van der Waals surface area contributed by atoms with Crippen LogP contribution in [0.4, 0.5) is 5.69 Å². The van der Waals surface area contributed by atoms with E-state index in [9.17, 15) is 5.11 Å². The first-order chi connectivity index (χ1) is 9.55. The van der Waals surface area contributed by atoms with Crippen molar-refractivity contribution in [2.75, 3.05) is 25.6 Å².